The molecule has 1 fully saturated rings. The SMILES string of the molecule is CC(C)(C)OC(=O)NC1CCC(Nc2cc(F)cnc2Br)CC1. The number of pyridine rings is 1. The highest BCUT2D eigenvalue weighted by Crippen LogP contribution is 2.26. The lowest BCUT2D eigenvalue weighted by molar-refractivity contribution is 0.0492. The van der Waals surface area contributed by atoms with Crippen LogP contribution in [-0.4, -0.2) is 28.8 Å². The van der Waals surface area contributed by atoms with Crippen LogP contribution < -0.4 is 10.6 Å². The van der Waals surface area contributed by atoms with Crippen molar-refractivity contribution in [3.63, 3.8) is 0 Å². The van der Waals surface area contributed by atoms with Gasteiger partial charge < -0.3 is 15.4 Å². The first-order valence-corrected chi connectivity index (χ1v) is 8.59. The second-order valence-electron chi connectivity index (χ2n) is 6.83. The highest BCUT2D eigenvalue weighted by molar-refractivity contribution is 9.10. The molecule has 2 N–H and O–H groups in total. The summed E-state index contributed by atoms with van der Waals surface area (Å²) < 4.78 is 19.1. The van der Waals surface area contributed by atoms with Crippen LogP contribution in [0.15, 0.2) is 16.9 Å². The molecule has 0 unspecified atom stereocenters. The van der Waals surface area contributed by atoms with Crippen molar-refractivity contribution >= 4 is 27.7 Å². The number of alkyl carbamates (subject to hydrolysis) is 1. The monoisotopic (exact) mass is 387 g/mol. The standard InChI is InChI=1S/C16H23BrFN3O2/c1-16(2,3)23-15(22)21-12-6-4-11(5-7-12)20-13-8-10(18)9-19-14(13)17/h8-9,11-12,20H,4-7H2,1-3H3,(H,21,22). The van der Waals surface area contributed by atoms with Gasteiger partial charge in [0, 0.05) is 18.2 Å². The topological polar surface area (TPSA) is 63.2 Å². The Morgan fingerprint density at radius 1 is 1.30 bits per heavy atom. The lowest BCUT2D eigenvalue weighted by atomic mass is 9.91. The van der Waals surface area contributed by atoms with Crippen LogP contribution in [0.3, 0.4) is 0 Å². The zero-order chi connectivity index (χ0) is 17.0. The van der Waals surface area contributed by atoms with Crippen molar-refractivity contribution in [2.45, 2.75) is 64.1 Å². The number of nitrogens with zero attached hydrogens (tertiary/aromatic N) is 1. The first-order valence-electron chi connectivity index (χ1n) is 7.80. The van der Waals surface area contributed by atoms with E-state index in [2.05, 4.69) is 31.5 Å². The number of rotatable bonds is 3. The van der Waals surface area contributed by atoms with Gasteiger partial charge in [-0.05, 0) is 62.4 Å². The van der Waals surface area contributed by atoms with E-state index in [-0.39, 0.29) is 24.0 Å². The number of ether oxygens (including phenoxy) is 1. The third-order valence-electron chi connectivity index (χ3n) is 3.61. The van der Waals surface area contributed by atoms with Crippen molar-refractivity contribution in [3.05, 3.63) is 22.7 Å². The molecule has 0 spiro atoms. The van der Waals surface area contributed by atoms with Gasteiger partial charge in [0.1, 0.15) is 16.0 Å². The van der Waals surface area contributed by atoms with Crippen molar-refractivity contribution < 1.29 is 13.9 Å². The number of hydrogen-bond donors (Lipinski definition) is 2. The zero-order valence-corrected chi connectivity index (χ0v) is 15.2. The molecule has 0 radical (unpaired) electrons. The van der Waals surface area contributed by atoms with Gasteiger partial charge in [0.2, 0.25) is 0 Å². The Morgan fingerprint density at radius 3 is 2.52 bits per heavy atom. The number of aromatic nitrogens is 1. The largest absolute Gasteiger partial charge is 0.444 e. The molecule has 23 heavy (non-hydrogen) atoms. The molecule has 5 nitrogen and oxygen atoms in total. The minimum atomic E-state index is -0.487. The van der Waals surface area contributed by atoms with E-state index in [1.165, 1.54) is 12.3 Å². The molecule has 1 heterocycles. The van der Waals surface area contributed by atoms with Crippen molar-refractivity contribution in [3.8, 4) is 0 Å². The van der Waals surface area contributed by atoms with E-state index in [9.17, 15) is 9.18 Å². The molecule has 1 aromatic heterocycles. The highest BCUT2D eigenvalue weighted by atomic mass is 79.9. The summed E-state index contributed by atoms with van der Waals surface area (Å²) in [5, 5.41) is 6.22. The van der Waals surface area contributed by atoms with Gasteiger partial charge in [-0.15, -0.1) is 0 Å². The summed E-state index contributed by atoms with van der Waals surface area (Å²) in [5.74, 6) is -0.365. The van der Waals surface area contributed by atoms with E-state index < -0.39 is 5.60 Å². The van der Waals surface area contributed by atoms with Gasteiger partial charge in [0.15, 0.2) is 0 Å². The van der Waals surface area contributed by atoms with Crippen LogP contribution >= 0.6 is 15.9 Å². The second-order valence-corrected chi connectivity index (χ2v) is 7.58. The second kappa shape index (κ2) is 7.47. The molecule has 0 bridgehead atoms. The van der Waals surface area contributed by atoms with Crippen LogP contribution in [0.2, 0.25) is 0 Å². The Hall–Kier alpha value is -1.37. The van der Waals surface area contributed by atoms with Gasteiger partial charge in [0.05, 0.1) is 11.9 Å². The molecule has 0 atom stereocenters. The van der Waals surface area contributed by atoms with Gasteiger partial charge in [-0.1, -0.05) is 0 Å². The van der Waals surface area contributed by atoms with Crippen LogP contribution in [0.25, 0.3) is 0 Å². The predicted octanol–water partition coefficient (Wildman–Crippen LogP) is 4.23. The fraction of sp³-hybridized carbons (Fsp3) is 0.625. The maximum atomic E-state index is 13.3. The number of carbonyl (C=O) groups is 1. The third kappa shape index (κ3) is 5.97. The molecule has 0 aliphatic heterocycles. The fourth-order valence-corrected chi connectivity index (χ4v) is 2.93. The minimum Gasteiger partial charge on any atom is -0.444 e. The molecule has 0 aromatic carbocycles. The van der Waals surface area contributed by atoms with Crippen LogP contribution in [0, 0.1) is 5.82 Å². The average molecular weight is 388 g/mol. The molecule has 1 aromatic rings. The molecule has 2 rings (SSSR count). The highest BCUT2D eigenvalue weighted by Gasteiger charge is 2.25. The van der Waals surface area contributed by atoms with E-state index >= 15 is 0 Å². The summed E-state index contributed by atoms with van der Waals surface area (Å²) in [6.07, 6.45) is 4.31. The Bertz CT molecular complexity index is 555. The molecule has 0 saturated heterocycles. The first kappa shape index (κ1) is 18.0. The Kier molecular flexibility index (Phi) is 5.84. The van der Waals surface area contributed by atoms with E-state index in [1.54, 1.807) is 0 Å². The molecule has 1 amide bonds. The van der Waals surface area contributed by atoms with Crippen molar-refractivity contribution in [1.29, 1.82) is 0 Å². The molecule has 1 saturated carbocycles. The van der Waals surface area contributed by atoms with Gasteiger partial charge in [-0.3, -0.25) is 0 Å². The molecule has 7 heteroatoms. The number of anilines is 1. The number of halogens is 2. The summed E-state index contributed by atoms with van der Waals surface area (Å²) >= 11 is 3.32. The maximum Gasteiger partial charge on any atom is 0.407 e. The van der Waals surface area contributed by atoms with Crippen molar-refractivity contribution in [1.82, 2.24) is 10.3 Å². The smallest absolute Gasteiger partial charge is 0.407 e. The van der Waals surface area contributed by atoms with Crippen LogP contribution in [0.1, 0.15) is 46.5 Å². The summed E-state index contributed by atoms with van der Waals surface area (Å²) in [6.45, 7) is 5.54. The molecular weight excluding hydrogens is 365 g/mol. The van der Waals surface area contributed by atoms with Crippen molar-refractivity contribution in [2.24, 2.45) is 0 Å². The summed E-state index contributed by atoms with van der Waals surface area (Å²) in [6, 6.07) is 1.80. The zero-order valence-electron chi connectivity index (χ0n) is 13.7. The molecule has 1 aliphatic rings. The van der Waals surface area contributed by atoms with Crippen LogP contribution in [0.4, 0.5) is 14.9 Å². The lowest BCUT2D eigenvalue weighted by Crippen LogP contribution is -2.42. The van der Waals surface area contributed by atoms with Gasteiger partial charge in [0.25, 0.3) is 0 Å². The minimum absolute atomic E-state index is 0.122. The molecular formula is C16H23BrFN3O2. The Balaban J connectivity index is 1.80. The van der Waals surface area contributed by atoms with Crippen molar-refractivity contribution in [2.75, 3.05) is 5.32 Å². The lowest BCUT2D eigenvalue weighted by Gasteiger charge is -2.31. The summed E-state index contributed by atoms with van der Waals surface area (Å²) in [7, 11) is 0. The maximum absolute atomic E-state index is 13.3. The van der Waals surface area contributed by atoms with Gasteiger partial charge in [-0.25, -0.2) is 14.2 Å². The van der Waals surface area contributed by atoms with Crippen LogP contribution in [-0.2, 0) is 4.74 Å². The van der Waals surface area contributed by atoms with E-state index in [1.807, 2.05) is 20.8 Å². The Morgan fingerprint density at radius 2 is 1.91 bits per heavy atom. The Labute approximate surface area is 144 Å². The van der Waals surface area contributed by atoms with E-state index in [4.69, 9.17) is 4.74 Å². The van der Waals surface area contributed by atoms with Gasteiger partial charge in [-0.2, -0.15) is 0 Å². The first-order chi connectivity index (χ1) is 10.7. The third-order valence-corrected chi connectivity index (χ3v) is 4.25. The summed E-state index contributed by atoms with van der Waals surface area (Å²) in [4.78, 5) is 15.7. The van der Waals surface area contributed by atoms with Gasteiger partial charge >= 0.3 is 6.09 Å². The average Bonchev–Trinajstić information content (AvgIpc) is 2.43. The predicted molar refractivity (Wildman–Crippen MR) is 90.9 cm³/mol. The number of hydrogen-bond acceptors (Lipinski definition) is 4. The quantitative estimate of drug-likeness (QED) is 0.761. The summed E-state index contributed by atoms with van der Waals surface area (Å²) in [5.41, 5.74) is 0.174. The number of nitrogens with one attached hydrogen (secondary N) is 2. The number of carbonyl (C=O) groups excluding carboxylic acids is 1. The fourth-order valence-electron chi connectivity index (χ4n) is 2.60. The molecule has 1 aliphatic carbocycles. The molecule has 128 valence electrons. The number of amides is 1. The van der Waals surface area contributed by atoms with E-state index in [0.29, 0.717) is 10.3 Å². The van der Waals surface area contributed by atoms with Crippen LogP contribution in [0.5, 0.6) is 0 Å². The normalized spacial score (nSPS) is 21.6. The van der Waals surface area contributed by atoms with E-state index in [0.717, 1.165) is 25.7 Å².